The van der Waals surface area contributed by atoms with Crippen molar-refractivity contribution in [2.45, 2.75) is 65.0 Å². The molecule has 0 bridgehead atoms. The van der Waals surface area contributed by atoms with Crippen LogP contribution in [0, 0.1) is 5.92 Å². The molecule has 1 aliphatic rings. The van der Waals surface area contributed by atoms with E-state index in [1.54, 1.807) is 0 Å². The van der Waals surface area contributed by atoms with Crippen molar-refractivity contribution in [3.8, 4) is 0 Å². The molecule has 1 atom stereocenters. The number of hydrogen-bond acceptors (Lipinski definition) is 2. The third-order valence-corrected chi connectivity index (χ3v) is 3.15. The molecule has 2 nitrogen and oxygen atoms in total. The molecule has 1 saturated carbocycles. The summed E-state index contributed by atoms with van der Waals surface area (Å²) >= 11 is 0. The first-order chi connectivity index (χ1) is 7.18. The fourth-order valence-electron chi connectivity index (χ4n) is 2.03. The van der Waals surface area contributed by atoms with Crippen LogP contribution < -0.4 is 5.32 Å². The summed E-state index contributed by atoms with van der Waals surface area (Å²) in [6.45, 7) is 8.58. The molecule has 1 aliphatic carbocycles. The summed E-state index contributed by atoms with van der Waals surface area (Å²) in [4.78, 5) is 0. The Hall–Kier alpha value is -0.0800. The third-order valence-electron chi connectivity index (χ3n) is 3.15. The van der Waals surface area contributed by atoms with E-state index in [-0.39, 0.29) is 0 Å². The number of ether oxygens (including phenoxy) is 1. The number of hydrogen-bond donors (Lipinski definition) is 1. The Morgan fingerprint density at radius 3 is 2.47 bits per heavy atom. The van der Waals surface area contributed by atoms with Crippen molar-refractivity contribution in [3.63, 3.8) is 0 Å². The molecule has 0 spiro atoms. The zero-order valence-corrected chi connectivity index (χ0v) is 10.6. The summed E-state index contributed by atoms with van der Waals surface area (Å²) in [5, 5.41) is 3.59. The SMILES string of the molecule is CC(C)CCOC(C)CNC1CCCC1. The van der Waals surface area contributed by atoms with E-state index in [0.717, 1.165) is 25.1 Å². The molecule has 2 heteroatoms. The lowest BCUT2D eigenvalue weighted by atomic mass is 10.1. The highest BCUT2D eigenvalue weighted by Crippen LogP contribution is 2.17. The minimum atomic E-state index is 0.365. The van der Waals surface area contributed by atoms with E-state index >= 15 is 0 Å². The van der Waals surface area contributed by atoms with Gasteiger partial charge < -0.3 is 10.1 Å². The summed E-state index contributed by atoms with van der Waals surface area (Å²) in [5.74, 6) is 0.750. The maximum atomic E-state index is 5.75. The molecule has 1 fully saturated rings. The Balaban J connectivity index is 1.95. The molecule has 0 amide bonds. The van der Waals surface area contributed by atoms with E-state index in [9.17, 15) is 0 Å². The van der Waals surface area contributed by atoms with E-state index < -0.39 is 0 Å². The fraction of sp³-hybridized carbons (Fsp3) is 1.00. The van der Waals surface area contributed by atoms with Crippen LogP contribution in [0.15, 0.2) is 0 Å². The van der Waals surface area contributed by atoms with Gasteiger partial charge in [-0.25, -0.2) is 0 Å². The van der Waals surface area contributed by atoms with Crippen LogP contribution in [0.4, 0.5) is 0 Å². The fourth-order valence-corrected chi connectivity index (χ4v) is 2.03. The van der Waals surface area contributed by atoms with Crippen LogP contribution in [0.2, 0.25) is 0 Å². The molecule has 90 valence electrons. The normalized spacial score (nSPS) is 20.0. The van der Waals surface area contributed by atoms with Crippen LogP contribution >= 0.6 is 0 Å². The molecule has 1 unspecified atom stereocenters. The maximum absolute atomic E-state index is 5.75. The standard InChI is InChI=1S/C13H27NO/c1-11(2)8-9-15-12(3)10-14-13-6-4-5-7-13/h11-14H,4-10H2,1-3H3. The average molecular weight is 213 g/mol. The first kappa shape index (κ1) is 13.0. The lowest BCUT2D eigenvalue weighted by Gasteiger charge is -2.18. The third kappa shape index (κ3) is 6.16. The largest absolute Gasteiger partial charge is 0.377 e. The Bertz CT molecular complexity index is 153. The summed E-state index contributed by atoms with van der Waals surface area (Å²) in [6, 6.07) is 0.765. The topological polar surface area (TPSA) is 21.3 Å². The molecular weight excluding hydrogens is 186 g/mol. The van der Waals surface area contributed by atoms with Crippen molar-refractivity contribution < 1.29 is 4.74 Å². The van der Waals surface area contributed by atoms with Gasteiger partial charge in [-0.1, -0.05) is 26.7 Å². The van der Waals surface area contributed by atoms with Gasteiger partial charge in [0.25, 0.3) is 0 Å². The zero-order valence-electron chi connectivity index (χ0n) is 10.6. The highest BCUT2D eigenvalue weighted by atomic mass is 16.5. The monoisotopic (exact) mass is 213 g/mol. The smallest absolute Gasteiger partial charge is 0.0671 e. The molecule has 0 aromatic carbocycles. The van der Waals surface area contributed by atoms with Crippen molar-refractivity contribution in [1.82, 2.24) is 5.32 Å². The van der Waals surface area contributed by atoms with Crippen LogP contribution in [0.5, 0.6) is 0 Å². The first-order valence-corrected chi connectivity index (χ1v) is 6.53. The van der Waals surface area contributed by atoms with Crippen LogP contribution in [0.1, 0.15) is 52.9 Å². The van der Waals surface area contributed by atoms with E-state index in [4.69, 9.17) is 4.74 Å². The molecule has 0 heterocycles. The van der Waals surface area contributed by atoms with Gasteiger partial charge in [0.15, 0.2) is 0 Å². The number of rotatable bonds is 7. The van der Waals surface area contributed by atoms with Gasteiger partial charge in [0.2, 0.25) is 0 Å². The second-order valence-corrected chi connectivity index (χ2v) is 5.25. The second kappa shape index (κ2) is 7.24. The maximum Gasteiger partial charge on any atom is 0.0671 e. The molecular formula is C13H27NO. The molecule has 0 aromatic heterocycles. The van der Waals surface area contributed by atoms with Gasteiger partial charge in [-0.05, 0) is 32.1 Å². The Kier molecular flexibility index (Phi) is 6.26. The van der Waals surface area contributed by atoms with Crippen molar-refractivity contribution in [3.05, 3.63) is 0 Å². The Morgan fingerprint density at radius 1 is 1.20 bits per heavy atom. The second-order valence-electron chi connectivity index (χ2n) is 5.25. The van der Waals surface area contributed by atoms with Gasteiger partial charge in [0.05, 0.1) is 6.10 Å². The van der Waals surface area contributed by atoms with Crippen molar-refractivity contribution in [2.75, 3.05) is 13.2 Å². The zero-order chi connectivity index (χ0) is 11.1. The summed E-state index contributed by atoms with van der Waals surface area (Å²) in [7, 11) is 0. The minimum absolute atomic E-state index is 0.365. The van der Waals surface area contributed by atoms with Crippen molar-refractivity contribution in [2.24, 2.45) is 5.92 Å². The molecule has 1 rings (SSSR count). The van der Waals surface area contributed by atoms with Gasteiger partial charge in [-0.2, -0.15) is 0 Å². The van der Waals surface area contributed by atoms with Gasteiger partial charge >= 0.3 is 0 Å². The Labute approximate surface area is 94.8 Å². The van der Waals surface area contributed by atoms with E-state index in [0.29, 0.717) is 6.10 Å². The first-order valence-electron chi connectivity index (χ1n) is 6.53. The lowest BCUT2D eigenvalue weighted by Crippen LogP contribution is -2.34. The molecule has 15 heavy (non-hydrogen) atoms. The van der Waals surface area contributed by atoms with Crippen molar-refractivity contribution >= 4 is 0 Å². The Morgan fingerprint density at radius 2 is 1.87 bits per heavy atom. The lowest BCUT2D eigenvalue weighted by molar-refractivity contribution is 0.0570. The quantitative estimate of drug-likeness (QED) is 0.702. The summed E-state index contributed by atoms with van der Waals surface area (Å²) in [5.41, 5.74) is 0. The average Bonchev–Trinajstić information content (AvgIpc) is 2.66. The van der Waals surface area contributed by atoms with E-state index in [2.05, 4.69) is 26.1 Å². The summed E-state index contributed by atoms with van der Waals surface area (Å²) < 4.78 is 5.75. The van der Waals surface area contributed by atoms with Gasteiger partial charge in [0.1, 0.15) is 0 Å². The highest BCUT2D eigenvalue weighted by molar-refractivity contribution is 4.74. The molecule has 0 aromatic rings. The van der Waals surface area contributed by atoms with Gasteiger partial charge in [0, 0.05) is 19.2 Å². The van der Waals surface area contributed by atoms with Gasteiger partial charge in [-0.3, -0.25) is 0 Å². The van der Waals surface area contributed by atoms with E-state index in [1.807, 2.05) is 0 Å². The summed E-state index contributed by atoms with van der Waals surface area (Å²) in [6.07, 6.45) is 7.07. The van der Waals surface area contributed by atoms with Crippen LogP contribution in [-0.2, 0) is 4.74 Å². The molecule has 1 N–H and O–H groups in total. The van der Waals surface area contributed by atoms with Crippen LogP contribution in [0.3, 0.4) is 0 Å². The predicted molar refractivity (Wildman–Crippen MR) is 65.1 cm³/mol. The molecule has 0 radical (unpaired) electrons. The molecule has 0 saturated heterocycles. The number of nitrogens with one attached hydrogen (secondary N) is 1. The predicted octanol–water partition coefficient (Wildman–Crippen LogP) is 2.97. The van der Waals surface area contributed by atoms with Crippen molar-refractivity contribution in [1.29, 1.82) is 0 Å². The van der Waals surface area contributed by atoms with Crippen LogP contribution in [0.25, 0.3) is 0 Å². The van der Waals surface area contributed by atoms with Crippen LogP contribution in [-0.4, -0.2) is 25.3 Å². The highest BCUT2D eigenvalue weighted by Gasteiger charge is 2.14. The molecule has 0 aliphatic heterocycles. The minimum Gasteiger partial charge on any atom is -0.377 e. The van der Waals surface area contributed by atoms with Gasteiger partial charge in [-0.15, -0.1) is 0 Å². The van der Waals surface area contributed by atoms with E-state index in [1.165, 1.54) is 32.1 Å².